The van der Waals surface area contributed by atoms with Crippen LogP contribution >= 0.6 is 0 Å². The minimum Gasteiger partial charge on any atom is -0.469 e. The van der Waals surface area contributed by atoms with E-state index in [-0.39, 0.29) is 17.3 Å². The summed E-state index contributed by atoms with van der Waals surface area (Å²) >= 11 is 0. The molecule has 0 radical (unpaired) electrons. The Kier molecular flexibility index (Phi) is 3.63. The summed E-state index contributed by atoms with van der Waals surface area (Å²) in [6.45, 7) is 2.86. The van der Waals surface area contributed by atoms with Gasteiger partial charge in [0.2, 0.25) is 5.60 Å². The SMILES string of the molecule is COC(=O)C12CC(c3cc4n(n3)C[C@@H](C)c3c-4cnnc3[C@](C)(O)C(F)(F)F)(C1)C2. The Morgan fingerprint density at radius 1 is 1.33 bits per heavy atom. The molecule has 0 spiro atoms. The number of alkyl halides is 3. The van der Waals surface area contributed by atoms with E-state index in [1.165, 1.54) is 13.3 Å². The molecule has 6 rings (SSSR count). The molecule has 0 saturated heterocycles. The van der Waals surface area contributed by atoms with Gasteiger partial charge in [-0.3, -0.25) is 9.48 Å². The van der Waals surface area contributed by atoms with Crippen molar-refractivity contribution in [1.29, 1.82) is 0 Å². The summed E-state index contributed by atoms with van der Waals surface area (Å²) in [5.41, 5.74) is -1.83. The molecule has 1 aliphatic heterocycles. The van der Waals surface area contributed by atoms with Gasteiger partial charge in [0.1, 0.15) is 5.69 Å². The number of carbonyl (C=O) groups excluding carboxylic acids is 1. The van der Waals surface area contributed by atoms with E-state index < -0.39 is 22.9 Å². The molecule has 10 heteroatoms. The highest BCUT2D eigenvalue weighted by atomic mass is 19.4. The van der Waals surface area contributed by atoms with Gasteiger partial charge in [-0.25, -0.2) is 0 Å². The van der Waals surface area contributed by atoms with Gasteiger partial charge >= 0.3 is 12.1 Å². The van der Waals surface area contributed by atoms with Gasteiger partial charge < -0.3 is 9.84 Å². The predicted octanol–water partition coefficient (Wildman–Crippen LogP) is 2.82. The highest BCUT2D eigenvalue weighted by Crippen LogP contribution is 2.73. The maximum atomic E-state index is 13.5. The number of aromatic nitrogens is 4. The van der Waals surface area contributed by atoms with Gasteiger partial charge in [-0.1, -0.05) is 6.92 Å². The molecule has 3 aliphatic carbocycles. The second-order valence-electron chi connectivity index (χ2n) is 9.17. The fraction of sp³-hybridized carbons (Fsp3) is 0.600. The van der Waals surface area contributed by atoms with Gasteiger partial charge in [-0.05, 0) is 37.8 Å². The molecule has 2 atom stereocenters. The van der Waals surface area contributed by atoms with Crippen LogP contribution in [0.2, 0.25) is 0 Å². The van der Waals surface area contributed by atoms with Crippen molar-refractivity contribution in [2.24, 2.45) is 5.41 Å². The maximum Gasteiger partial charge on any atom is 0.422 e. The number of methoxy groups -OCH3 is 1. The molecule has 3 heterocycles. The van der Waals surface area contributed by atoms with Crippen molar-refractivity contribution in [1.82, 2.24) is 20.0 Å². The Labute approximate surface area is 170 Å². The minimum absolute atomic E-state index is 0.178. The molecule has 2 bridgehead atoms. The lowest BCUT2D eigenvalue weighted by molar-refractivity contribution is -0.260. The van der Waals surface area contributed by atoms with Crippen molar-refractivity contribution < 1.29 is 27.8 Å². The first-order valence-electron chi connectivity index (χ1n) is 9.76. The number of fused-ring (bicyclic) bond motifs is 3. The molecule has 2 aromatic rings. The van der Waals surface area contributed by atoms with Crippen LogP contribution in [0.25, 0.3) is 11.3 Å². The van der Waals surface area contributed by atoms with E-state index in [4.69, 9.17) is 9.84 Å². The second kappa shape index (κ2) is 5.60. The average molecular weight is 422 g/mol. The first kappa shape index (κ1) is 19.5. The Morgan fingerprint density at radius 3 is 2.60 bits per heavy atom. The van der Waals surface area contributed by atoms with Gasteiger partial charge in [0, 0.05) is 23.4 Å². The first-order valence-corrected chi connectivity index (χ1v) is 9.76. The Hall–Kier alpha value is -2.49. The van der Waals surface area contributed by atoms with E-state index in [1.54, 1.807) is 11.6 Å². The number of hydrogen-bond donors (Lipinski definition) is 1. The molecule has 1 N–H and O–H groups in total. The number of aliphatic hydroxyl groups is 1. The topological polar surface area (TPSA) is 90.1 Å². The highest BCUT2D eigenvalue weighted by Gasteiger charge is 2.73. The molecule has 3 fully saturated rings. The van der Waals surface area contributed by atoms with Crippen LogP contribution in [0.4, 0.5) is 13.2 Å². The van der Waals surface area contributed by atoms with E-state index in [0.29, 0.717) is 49.6 Å². The molecule has 0 amide bonds. The van der Waals surface area contributed by atoms with Crippen LogP contribution in [0.15, 0.2) is 12.3 Å². The lowest BCUT2D eigenvalue weighted by Crippen LogP contribution is -2.68. The quantitative estimate of drug-likeness (QED) is 0.765. The number of ether oxygens (including phenoxy) is 1. The molecule has 0 aromatic carbocycles. The molecule has 30 heavy (non-hydrogen) atoms. The van der Waals surface area contributed by atoms with Crippen molar-refractivity contribution in [3.05, 3.63) is 29.2 Å². The third kappa shape index (κ3) is 2.25. The summed E-state index contributed by atoms with van der Waals surface area (Å²) < 4.78 is 47.1. The van der Waals surface area contributed by atoms with E-state index >= 15 is 0 Å². The Balaban J connectivity index is 1.55. The zero-order valence-corrected chi connectivity index (χ0v) is 16.7. The second-order valence-corrected chi connectivity index (χ2v) is 9.17. The van der Waals surface area contributed by atoms with Gasteiger partial charge in [0.05, 0.1) is 30.1 Å². The summed E-state index contributed by atoms with van der Waals surface area (Å²) in [6.07, 6.45) is -1.43. The number of hydrogen-bond acceptors (Lipinski definition) is 6. The summed E-state index contributed by atoms with van der Waals surface area (Å²) in [4.78, 5) is 12.0. The molecular weight excluding hydrogens is 401 g/mol. The first-order chi connectivity index (χ1) is 13.9. The Morgan fingerprint density at radius 2 is 2.00 bits per heavy atom. The van der Waals surface area contributed by atoms with Gasteiger partial charge in [-0.2, -0.15) is 28.5 Å². The van der Waals surface area contributed by atoms with Crippen molar-refractivity contribution in [2.75, 3.05) is 7.11 Å². The summed E-state index contributed by atoms with van der Waals surface area (Å²) in [5.74, 6) is -0.532. The summed E-state index contributed by atoms with van der Waals surface area (Å²) in [7, 11) is 1.39. The summed E-state index contributed by atoms with van der Waals surface area (Å²) in [6, 6.07) is 1.87. The number of esters is 1. The monoisotopic (exact) mass is 422 g/mol. The minimum atomic E-state index is -4.88. The highest BCUT2D eigenvalue weighted by molar-refractivity contribution is 5.82. The molecule has 160 valence electrons. The van der Waals surface area contributed by atoms with Crippen molar-refractivity contribution in [3.63, 3.8) is 0 Å². The molecule has 4 aliphatic rings. The standard InChI is InChI=1S/C20H21F3N4O3/c1-10-6-27-12(4-13(26-27)18-7-19(8-18,9-18)16(28)30-3)11-5-24-25-15(14(10)11)17(2,29)20(21,22)23/h4-5,10,29H,6-9H2,1-3H3/t10-,17+,18?,19?/m1/s1. The maximum absolute atomic E-state index is 13.5. The van der Waals surface area contributed by atoms with Crippen LogP contribution in [0.5, 0.6) is 0 Å². The molecule has 0 unspecified atom stereocenters. The largest absolute Gasteiger partial charge is 0.469 e. The zero-order valence-electron chi connectivity index (χ0n) is 16.7. The van der Waals surface area contributed by atoms with Crippen LogP contribution in [0.3, 0.4) is 0 Å². The number of rotatable bonds is 3. The van der Waals surface area contributed by atoms with Crippen LogP contribution in [-0.4, -0.2) is 44.3 Å². The van der Waals surface area contributed by atoms with Crippen molar-refractivity contribution in [2.45, 2.75) is 62.8 Å². The number of carbonyl (C=O) groups is 1. The third-order valence-corrected chi connectivity index (χ3v) is 7.09. The van der Waals surface area contributed by atoms with E-state index in [0.717, 1.165) is 5.69 Å². The Bertz CT molecular complexity index is 1060. The van der Waals surface area contributed by atoms with Crippen molar-refractivity contribution in [3.8, 4) is 11.3 Å². The zero-order chi connectivity index (χ0) is 21.7. The lowest BCUT2D eigenvalue weighted by atomic mass is 9.34. The van der Waals surface area contributed by atoms with Crippen LogP contribution in [0.1, 0.15) is 56.0 Å². The smallest absolute Gasteiger partial charge is 0.422 e. The van der Waals surface area contributed by atoms with Gasteiger partial charge in [-0.15, -0.1) is 0 Å². The summed E-state index contributed by atoms with van der Waals surface area (Å²) in [5, 5.41) is 22.4. The normalized spacial score (nSPS) is 31.0. The van der Waals surface area contributed by atoms with E-state index in [9.17, 15) is 23.1 Å². The van der Waals surface area contributed by atoms with Gasteiger partial charge in [0.25, 0.3) is 0 Å². The average Bonchev–Trinajstić information content (AvgIpc) is 3.01. The van der Waals surface area contributed by atoms with Crippen LogP contribution in [0, 0.1) is 5.41 Å². The van der Waals surface area contributed by atoms with Crippen molar-refractivity contribution >= 4 is 5.97 Å². The van der Waals surface area contributed by atoms with Crippen LogP contribution in [-0.2, 0) is 27.1 Å². The lowest BCUT2D eigenvalue weighted by Gasteiger charge is -2.67. The molecule has 3 saturated carbocycles. The number of nitrogens with zero attached hydrogens (tertiary/aromatic N) is 4. The van der Waals surface area contributed by atoms with Gasteiger partial charge in [0.15, 0.2) is 0 Å². The fourth-order valence-corrected chi connectivity index (χ4v) is 5.47. The van der Waals surface area contributed by atoms with E-state index in [1.807, 2.05) is 6.07 Å². The predicted molar refractivity (Wildman–Crippen MR) is 97.3 cm³/mol. The third-order valence-electron chi connectivity index (χ3n) is 7.09. The number of halogens is 3. The molecular formula is C20H21F3N4O3. The van der Waals surface area contributed by atoms with Crippen LogP contribution < -0.4 is 0 Å². The fourth-order valence-electron chi connectivity index (χ4n) is 5.47. The molecule has 7 nitrogen and oxygen atoms in total. The molecule has 2 aromatic heterocycles. The van der Waals surface area contributed by atoms with E-state index in [2.05, 4.69) is 10.2 Å².